The van der Waals surface area contributed by atoms with E-state index >= 15 is 0 Å². The predicted octanol–water partition coefficient (Wildman–Crippen LogP) is 2.41. The van der Waals surface area contributed by atoms with E-state index in [1.807, 2.05) is 0 Å². The number of aldehydes is 1. The van der Waals surface area contributed by atoms with Crippen molar-refractivity contribution in [3.05, 3.63) is 0 Å². The molecule has 0 N–H and O–H groups in total. The van der Waals surface area contributed by atoms with E-state index in [4.69, 9.17) is 0 Å². The molecule has 1 aliphatic heterocycles. The molecule has 2 fully saturated rings. The molecule has 0 aromatic carbocycles. The van der Waals surface area contributed by atoms with Crippen LogP contribution in [-0.4, -0.2) is 55.9 Å². The van der Waals surface area contributed by atoms with Crippen LogP contribution in [-0.2, 0) is 4.79 Å². The van der Waals surface area contributed by atoms with Crippen LogP contribution >= 0.6 is 0 Å². The first-order chi connectivity index (χ1) is 9.13. The van der Waals surface area contributed by atoms with Crippen molar-refractivity contribution in [1.82, 2.24) is 9.80 Å². The first-order valence-electron chi connectivity index (χ1n) is 8.01. The molecule has 0 bridgehead atoms. The minimum Gasteiger partial charge on any atom is -0.304 e. The Labute approximate surface area is 118 Å². The van der Waals surface area contributed by atoms with Crippen molar-refractivity contribution in [2.24, 2.45) is 11.3 Å². The topological polar surface area (TPSA) is 23.6 Å². The highest BCUT2D eigenvalue weighted by Crippen LogP contribution is 2.38. The molecule has 2 rings (SSSR count). The Morgan fingerprint density at radius 3 is 2.68 bits per heavy atom. The SMILES string of the molecule is CC1CCCC(C=O)(CN(C)CCN2CCCC2)C1. The van der Waals surface area contributed by atoms with Gasteiger partial charge in [0.05, 0.1) is 0 Å². The van der Waals surface area contributed by atoms with Crippen LogP contribution in [0.4, 0.5) is 0 Å². The average molecular weight is 266 g/mol. The van der Waals surface area contributed by atoms with Crippen molar-refractivity contribution in [3.8, 4) is 0 Å². The van der Waals surface area contributed by atoms with Crippen LogP contribution in [0.5, 0.6) is 0 Å². The molecule has 3 nitrogen and oxygen atoms in total. The largest absolute Gasteiger partial charge is 0.304 e. The van der Waals surface area contributed by atoms with Crippen molar-refractivity contribution in [2.75, 3.05) is 39.8 Å². The van der Waals surface area contributed by atoms with Crippen LogP contribution in [0.15, 0.2) is 0 Å². The van der Waals surface area contributed by atoms with E-state index < -0.39 is 0 Å². The van der Waals surface area contributed by atoms with Gasteiger partial charge in [-0.05, 0) is 51.7 Å². The molecule has 0 radical (unpaired) electrons. The Bertz CT molecular complexity index is 288. The zero-order chi connectivity index (χ0) is 13.7. The summed E-state index contributed by atoms with van der Waals surface area (Å²) in [4.78, 5) is 16.5. The lowest BCUT2D eigenvalue weighted by atomic mass is 9.71. The van der Waals surface area contributed by atoms with E-state index in [2.05, 4.69) is 23.8 Å². The summed E-state index contributed by atoms with van der Waals surface area (Å²) in [7, 11) is 2.18. The van der Waals surface area contributed by atoms with E-state index in [9.17, 15) is 4.79 Å². The minimum absolute atomic E-state index is 0.0581. The molecule has 1 saturated carbocycles. The van der Waals surface area contributed by atoms with Crippen LogP contribution in [0.3, 0.4) is 0 Å². The molecule has 0 spiro atoms. The Morgan fingerprint density at radius 2 is 2.05 bits per heavy atom. The summed E-state index contributed by atoms with van der Waals surface area (Å²) in [6.07, 6.45) is 8.68. The standard InChI is InChI=1S/C16H30N2O/c1-15-6-5-7-16(12-15,14-19)13-17(2)10-11-18-8-3-4-9-18/h14-15H,3-13H2,1-2H3. The van der Waals surface area contributed by atoms with Gasteiger partial charge in [-0.1, -0.05) is 19.8 Å². The van der Waals surface area contributed by atoms with Crippen LogP contribution in [0.1, 0.15) is 45.4 Å². The Morgan fingerprint density at radius 1 is 1.32 bits per heavy atom. The van der Waals surface area contributed by atoms with Crippen molar-refractivity contribution in [3.63, 3.8) is 0 Å². The van der Waals surface area contributed by atoms with Gasteiger partial charge in [0.2, 0.25) is 0 Å². The maximum absolute atomic E-state index is 11.6. The van der Waals surface area contributed by atoms with Gasteiger partial charge in [-0.25, -0.2) is 0 Å². The van der Waals surface area contributed by atoms with Gasteiger partial charge >= 0.3 is 0 Å². The van der Waals surface area contributed by atoms with Crippen molar-refractivity contribution in [1.29, 1.82) is 0 Å². The number of likely N-dealkylation sites (N-methyl/N-ethyl adjacent to an activating group) is 1. The second kappa shape index (κ2) is 6.85. The molecule has 1 heterocycles. The minimum atomic E-state index is -0.0581. The number of carbonyl (C=O) groups excluding carboxylic acids is 1. The Kier molecular flexibility index (Phi) is 5.40. The normalized spacial score (nSPS) is 32.9. The van der Waals surface area contributed by atoms with Crippen LogP contribution < -0.4 is 0 Å². The number of nitrogens with zero attached hydrogens (tertiary/aromatic N) is 2. The lowest BCUT2D eigenvalue weighted by molar-refractivity contribution is -0.119. The average Bonchev–Trinajstić information content (AvgIpc) is 2.89. The third-order valence-electron chi connectivity index (χ3n) is 4.96. The predicted molar refractivity (Wildman–Crippen MR) is 79.3 cm³/mol. The highest BCUT2D eigenvalue weighted by molar-refractivity contribution is 5.60. The summed E-state index contributed by atoms with van der Waals surface area (Å²) in [6.45, 7) is 8.05. The molecule has 19 heavy (non-hydrogen) atoms. The van der Waals surface area contributed by atoms with Crippen molar-refractivity contribution < 1.29 is 4.79 Å². The summed E-state index contributed by atoms with van der Waals surface area (Å²) in [6, 6.07) is 0. The Hall–Kier alpha value is -0.410. The molecule has 1 aliphatic carbocycles. The molecule has 0 aromatic rings. The van der Waals surface area contributed by atoms with E-state index in [1.165, 1.54) is 51.6 Å². The summed E-state index contributed by atoms with van der Waals surface area (Å²) in [5, 5.41) is 0. The number of rotatable bonds is 6. The number of likely N-dealkylation sites (tertiary alicyclic amines) is 1. The smallest absolute Gasteiger partial charge is 0.127 e. The molecule has 2 atom stereocenters. The molecular formula is C16H30N2O. The first kappa shape index (κ1) is 15.0. The molecule has 0 amide bonds. The quantitative estimate of drug-likeness (QED) is 0.690. The number of hydrogen-bond acceptors (Lipinski definition) is 3. The lowest BCUT2D eigenvalue weighted by Crippen LogP contribution is -2.42. The van der Waals surface area contributed by atoms with Gasteiger partial charge in [0.1, 0.15) is 6.29 Å². The molecule has 110 valence electrons. The second-order valence-corrected chi connectivity index (χ2v) is 6.97. The fourth-order valence-corrected chi connectivity index (χ4v) is 3.92. The Balaban J connectivity index is 1.78. The van der Waals surface area contributed by atoms with Gasteiger partial charge in [-0.15, -0.1) is 0 Å². The molecule has 3 heteroatoms. The van der Waals surface area contributed by atoms with Gasteiger partial charge in [-0.2, -0.15) is 0 Å². The third kappa shape index (κ3) is 4.28. The molecule has 0 aromatic heterocycles. The number of carbonyl (C=O) groups is 1. The summed E-state index contributed by atoms with van der Waals surface area (Å²) in [5.41, 5.74) is -0.0581. The van der Waals surface area contributed by atoms with Gasteiger partial charge in [0.25, 0.3) is 0 Å². The van der Waals surface area contributed by atoms with Gasteiger partial charge in [-0.3, -0.25) is 0 Å². The van der Waals surface area contributed by atoms with Gasteiger partial charge < -0.3 is 14.6 Å². The molecule has 1 saturated heterocycles. The van der Waals surface area contributed by atoms with Gasteiger partial charge in [0.15, 0.2) is 0 Å². The maximum atomic E-state index is 11.6. The molecular weight excluding hydrogens is 236 g/mol. The fraction of sp³-hybridized carbons (Fsp3) is 0.938. The van der Waals surface area contributed by atoms with E-state index in [1.54, 1.807) is 0 Å². The maximum Gasteiger partial charge on any atom is 0.127 e. The molecule has 2 aliphatic rings. The summed E-state index contributed by atoms with van der Waals surface area (Å²) in [5.74, 6) is 0.714. The lowest BCUT2D eigenvalue weighted by Gasteiger charge is -2.38. The number of hydrogen-bond donors (Lipinski definition) is 0. The third-order valence-corrected chi connectivity index (χ3v) is 4.96. The van der Waals surface area contributed by atoms with E-state index in [0.717, 1.165) is 25.9 Å². The molecule has 2 unspecified atom stereocenters. The second-order valence-electron chi connectivity index (χ2n) is 6.97. The highest BCUT2D eigenvalue weighted by Gasteiger charge is 2.35. The highest BCUT2D eigenvalue weighted by atomic mass is 16.1. The van der Waals surface area contributed by atoms with E-state index in [0.29, 0.717) is 5.92 Å². The monoisotopic (exact) mass is 266 g/mol. The zero-order valence-corrected chi connectivity index (χ0v) is 12.7. The van der Waals surface area contributed by atoms with Crippen LogP contribution in [0.25, 0.3) is 0 Å². The van der Waals surface area contributed by atoms with Crippen molar-refractivity contribution in [2.45, 2.75) is 45.4 Å². The van der Waals surface area contributed by atoms with Gasteiger partial charge in [0, 0.05) is 25.0 Å². The van der Waals surface area contributed by atoms with Crippen LogP contribution in [0, 0.1) is 11.3 Å². The fourth-order valence-electron chi connectivity index (χ4n) is 3.92. The van der Waals surface area contributed by atoms with Crippen LogP contribution in [0.2, 0.25) is 0 Å². The van der Waals surface area contributed by atoms with Crippen molar-refractivity contribution >= 4 is 6.29 Å². The zero-order valence-electron chi connectivity index (χ0n) is 12.7. The summed E-state index contributed by atoms with van der Waals surface area (Å²) < 4.78 is 0. The first-order valence-corrected chi connectivity index (χ1v) is 8.01. The van der Waals surface area contributed by atoms with E-state index in [-0.39, 0.29) is 5.41 Å². The summed E-state index contributed by atoms with van der Waals surface area (Å²) >= 11 is 0.